The number of anilines is 1. The quantitative estimate of drug-likeness (QED) is 0.850. The molecule has 1 unspecified atom stereocenters. The third-order valence-electron chi connectivity index (χ3n) is 3.65. The Balaban J connectivity index is 1.83. The van der Waals surface area contributed by atoms with Crippen LogP contribution in [-0.4, -0.2) is 36.7 Å². The topological polar surface area (TPSA) is 24.5 Å². The lowest BCUT2D eigenvalue weighted by atomic mass is 10.2. The summed E-state index contributed by atoms with van der Waals surface area (Å²) in [7, 11) is 0. The number of rotatable bonds is 6. The van der Waals surface area contributed by atoms with E-state index in [4.69, 9.17) is 4.74 Å². The van der Waals surface area contributed by atoms with Gasteiger partial charge >= 0.3 is 0 Å². The van der Waals surface area contributed by atoms with Gasteiger partial charge in [-0.1, -0.05) is 6.92 Å². The number of hydrogen-bond donors (Lipinski definition) is 1. The van der Waals surface area contributed by atoms with Gasteiger partial charge in [0.1, 0.15) is 5.75 Å². The third-order valence-corrected chi connectivity index (χ3v) is 3.65. The Morgan fingerprint density at radius 1 is 1.32 bits per heavy atom. The van der Waals surface area contributed by atoms with Gasteiger partial charge in [-0.3, -0.25) is 4.90 Å². The average molecular weight is 262 g/mol. The molecule has 0 radical (unpaired) electrons. The zero-order valence-corrected chi connectivity index (χ0v) is 12.4. The van der Waals surface area contributed by atoms with Crippen LogP contribution in [0.5, 0.6) is 5.75 Å². The molecule has 106 valence electrons. The fourth-order valence-corrected chi connectivity index (χ4v) is 2.48. The third kappa shape index (κ3) is 4.13. The van der Waals surface area contributed by atoms with Crippen molar-refractivity contribution in [3.8, 4) is 5.75 Å². The number of likely N-dealkylation sites (tertiary alicyclic amines) is 1. The van der Waals surface area contributed by atoms with Crippen LogP contribution in [0.1, 0.15) is 33.6 Å². The smallest absolute Gasteiger partial charge is 0.119 e. The summed E-state index contributed by atoms with van der Waals surface area (Å²) < 4.78 is 5.59. The van der Waals surface area contributed by atoms with Crippen molar-refractivity contribution in [1.82, 2.24) is 4.90 Å². The molecule has 0 aromatic heterocycles. The predicted octanol–water partition coefficient (Wildman–Crippen LogP) is 3.37. The van der Waals surface area contributed by atoms with Gasteiger partial charge in [-0.05, 0) is 51.0 Å². The first-order valence-electron chi connectivity index (χ1n) is 7.42. The van der Waals surface area contributed by atoms with Crippen LogP contribution in [0.4, 0.5) is 5.69 Å². The highest BCUT2D eigenvalue weighted by atomic mass is 16.5. The molecule has 19 heavy (non-hydrogen) atoms. The van der Waals surface area contributed by atoms with Gasteiger partial charge in [0.15, 0.2) is 0 Å². The van der Waals surface area contributed by atoms with E-state index in [2.05, 4.69) is 43.1 Å². The van der Waals surface area contributed by atoms with Crippen LogP contribution >= 0.6 is 0 Å². The molecule has 2 rings (SSSR count). The minimum Gasteiger partial charge on any atom is -0.494 e. The van der Waals surface area contributed by atoms with Crippen LogP contribution < -0.4 is 10.1 Å². The molecule has 1 heterocycles. The van der Waals surface area contributed by atoms with Crippen LogP contribution in [0.15, 0.2) is 24.3 Å². The van der Waals surface area contributed by atoms with Gasteiger partial charge in [-0.15, -0.1) is 0 Å². The van der Waals surface area contributed by atoms with Crippen LogP contribution in [0.3, 0.4) is 0 Å². The van der Waals surface area contributed by atoms with E-state index in [1.54, 1.807) is 0 Å². The average Bonchev–Trinajstić information content (AvgIpc) is 2.87. The van der Waals surface area contributed by atoms with Gasteiger partial charge in [-0.2, -0.15) is 0 Å². The van der Waals surface area contributed by atoms with E-state index >= 15 is 0 Å². The first-order valence-corrected chi connectivity index (χ1v) is 7.42. The van der Waals surface area contributed by atoms with Crippen molar-refractivity contribution < 1.29 is 4.74 Å². The molecular weight excluding hydrogens is 236 g/mol. The van der Waals surface area contributed by atoms with Gasteiger partial charge in [0.2, 0.25) is 0 Å². The van der Waals surface area contributed by atoms with Crippen molar-refractivity contribution in [2.45, 2.75) is 45.7 Å². The van der Waals surface area contributed by atoms with Crippen molar-refractivity contribution in [3.63, 3.8) is 0 Å². The summed E-state index contributed by atoms with van der Waals surface area (Å²) in [4.78, 5) is 2.52. The van der Waals surface area contributed by atoms with Crippen molar-refractivity contribution in [2.24, 2.45) is 0 Å². The Labute approximate surface area is 116 Å². The van der Waals surface area contributed by atoms with E-state index < -0.39 is 0 Å². The van der Waals surface area contributed by atoms with Crippen LogP contribution in [0.2, 0.25) is 0 Å². The summed E-state index contributed by atoms with van der Waals surface area (Å²) >= 11 is 0. The lowest BCUT2D eigenvalue weighted by Crippen LogP contribution is -2.31. The van der Waals surface area contributed by atoms with E-state index in [0.717, 1.165) is 25.3 Å². The van der Waals surface area contributed by atoms with Crippen molar-refractivity contribution in [1.29, 1.82) is 0 Å². The number of ether oxygens (including phenoxy) is 1. The summed E-state index contributed by atoms with van der Waals surface area (Å²) in [6.07, 6.45) is 2.28. The van der Waals surface area contributed by atoms with Crippen LogP contribution in [-0.2, 0) is 0 Å². The first kappa shape index (κ1) is 14.2. The van der Waals surface area contributed by atoms with Crippen molar-refractivity contribution in [2.75, 3.05) is 25.0 Å². The summed E-state index contributed by atoms with van der Waals surface area (Å²) in [6, 6.07) is 9.55. The first-order chi connectivity index (χ1) is 9.19. The Hall–Kier alpha value is -1.22. The largest absolute Gasteiger partial charge is 0.494 e. The summed E-state index contributed by atoms with van der Waals surface area (Å²) in [6.45, 7) is 9.79. The number of nitrogens with zero attached hydrogens (tertiary/aromatic N) is 1. The maximum atomic E-state index is 5.59. The van der Waals surface area contributed by atoms with Crippen molar-refractivity contribution >= 4 is 5.69 Å². The molecule has 0 spiro atoms. The minimum absolute atomic E-state index is 0.574. The molecule has 1 aromatic carbocycles. The lowest BCUT2D eigenvalue weighted by molar-refractivity contribution is 0.274. The van der Waals surface area contributed by atoms with E-state index in [1.807, 2.05) is 12.1 Å². The fraction of sp³-hybridized carbons (Fsp3) is 0.625. The molecule has 1 aliphatic rings. The monoisotopic (exact) mass is 262 g/mol. The highest BCUT2D eigenvalue weighted by molar-refractivity contribution is 5.47. The number of nitrogens with one attached hydrogen (secondary N) is 1. The standard InChI is InChI=1S/C16H26N2O/c1-4-11-19-16-7-5-14(6-8-16)17-15-9-10-18(12-15)13(2)3/h5-8,13,15,17H,4,9-12H2,1-3H3. The van der Waals surface area contributed by atoms with Gasteiger partial charge in [0, 0.05) is 30.9 Å². The minimum atomic E-state index is 0.574. The Morgan fingerprint density at radius 3 is 2.63 bits per heavy atom. The molecule has 0 saturated carbocycles. The molecular formula is C16H26N2O. The molecule has 0 aliphatic carbocycles. The van der Waals surface area contributed by atoms with E-state index in [0.29, 0.717) is 12.1 Å². The maximum Gasteiger partial charge on any atom is 0.119 e. The molecule has 1 N–H and O–H groups in total. The predicted molar refractivity (Wildman–Crippen MR) is 81.0 cm³/mol. The number of benzene rings is 1. The maximum absolute atomic E-state index is 5.59. The second kappa shape index (κ2) is 6.80. The molecule has 1 atom stereocenters. The fourth-order valence-electron chi connectivity index (χ4n) is 2.48. The van der Waals surface area contributed by atoms with E-state index in [1.165, 1.54) is 18.7 Å². The highest BCUT2D eigenvalue weighted by Gasteiger charge is 2.23. The van der Waals surface area contributed by atoms with Gasteiger partial charge < -0.3 is 10.1 Å². The summed E-state index contributed by atoms with van der Waals surface area (Å²) in [5.41, 5.74) is 1.19. The molecule has 0 amide bonds. The molecule has 1 fully saturated rings. The molecule has 1 aromatic rings. The summed E-state index contributed by atoms with van der Waals surface area (Å²) in [5, 5.41) is 3.61. The molecule has 0 bridgehead atoms. The van der Waals surface area contributed by atoms with Crippen LogP contribution in [0.25, 0.3) is 0 Å². The van der Waals surface area contributed by atoms with Crippen molar-refractivity contribution in [3.05, 3.63) is 24.3 Å². The van der Waals surface area contributed by atoms with Gasteiger partial charge in [0.25, 0.3) is 0 Å². The lowest BCUT2D eigenvalue weighted by Gasteiger charge is -2.21. The Bertz CT molecular complexity index is 375. The Kier molecular flexibility index (Phi) is 5.08. The van der Waals surface area contributed by atoms with Gasteiger partial charge in [-0.25, -0.2) is 0 Å². The summed E-state index contributed by atoms with van der Waals surface area (Å²) in [5.74, 6) is 0.961. The second-order valence-electron chi connectivity index (χ2n) is 5.59. The zero-order valence-electron chi connectivity index (χ0n) is 12.4. The van der Waals surface area contributed by atoms with E-state index in [-0.39, 0.29) is 0 Å². The van der Waals surface area contributed by atoms with E-state index in [9.17, 15) is 0 Å². The zero-order chi connectivity index (χ0) is 13.7. The molecule has 1 aliphatic heterocycles. The highest BCUT2D eigenvalue weighted by Crippen LogP contribution is 2.20. The second-order valence-corrected chi connectivity index (χ2v) is 5.59. The van der Waals surface area contributed by atoms with Crippen LogP contribution in [0, 0.1) is 0 Å². The molecule has 3 nitrogen and oxygen atoms in total. The Morgan fingerprint density at radius 2 is 2.05 bits per heavy atom. The number of hydrogen-bond acceptors (Lipinski definition) is 3. The normalized spacial score (nSPS) is 19.9. The molecule has 3 heteroatoms. The molecule has 1 saturated heterocycles. The van der Waals surface area contributed by atoms with Gasteiger partial charge in [0.05, 0.1) is 6.61 Å². The SMILES string of the molecule is CCCOc1ccc(NC2CCN(C(C)C)C2)cc1.